The Kier molecular flexibility index (Phi) is 8.01. The predicted octanol–water partition coefficient (Wildman–Crippen LogP) is 3.09. The second-order valence-electron chi connectivity index (χ2n) is 6.56. The van der Waals surface area contributed by atoms with Crippen LogP contribution in [0.1, 0.15) is 24.5 Å². The number of guanidine groups is 1. The summed E-state index contributed by atoms with van der Waals surface area (Å²) in [5.74, 6) is 3.22. The highest BCUT2D eigenvalue weighted by Gasteiger charge is 2.12. The van der Waals surface area contributed by atoms with Gasteiger partial charge in [0.15, 0.2) is 17.5 Å². The summed E-state index contributed by atoms with van der Waals surface area (Å²) < 4.78 is 21.7. The third-order valence-corrected chi connectivity index (χ3v) is 4.39. The smallest absolute Gasteiger partial charge is 0.231 e. The molecule has 7 nitrogen and oxygen atoms in total. The normalized spacial score (nSPS) is 12.7. The first-order valence-corrected chi connectivity index (χ1v) is 9.90. The number of rotatable bonds is 10. The molecule has 3 rings (SSSR count). The van der Waals surface area contributed by atoms with Crippen LogP contribution in [0.5, 0.6) is 17.2 Å². The van der Waals surface area contributed by atoms with E-state index >= 15 is 0 Å². The molecule has 1 aliphatic heterocycles. The van der Waals surface area contributed by atoms with Crippen molar-refractivity contribution in [2.45, 2.75) is 26.5 Å². The molecule has 1 heterocycles. The highest BCUT2D eigenvalue weighted by atomic mass is 16.7. The Morgan fingerprint density at radius 2 is 1.83 bits per heavy atom. The van der Waals surface area contributed by atoms with Crippen LogP contribution in [0.2, 0.25) is 0 Å². The van der Waals surface area contributed by atoms with Gasteiger partial charge in [0, 0.05) is 19.7 Å². The quantitative estimate of drug-likeness (QED) is 0.363. The van der Waals surface area contributed by atoms with E-state index in [0.717, 1.165) is 53.8 Å². The second kappa shape index (κ2) is 11.2. The van der Waals surface area contributed by atoms with Crippen LogP contribution in [0.4, 0.5) is 0 Å². The maximum Gasteiger partial charge on any atom is 0.231 e. The third-order valence-electron chi connectivity index (χ3n) is 4.39. The highest BCUT2D eigenvalue weighted by molar-refractivity contribution is 5.79. The lowest BCUT2D eigenvalue weighted by atomic mass is 10.2. The Hall–Kier alpha value is -2.93. The van der Waals surface area contributed by atoms with Crippen LogP contribution in [0.3, 0.4) is 0 Å². The summed E-state index contributed by atoms with van der Waals surface area (Å²) in [4.78, 5) is 4.64. The minimum atomic E-state index is 0.285. The molecular formula is C22H29N3O4. The molecule has 0 aromatic heterocycles. The molecule has 0 aliphatic carbocycles. The van der Waals surface area contributed by atoms with Crippen LogP contribution in [0, 0.1) is 0 Å². The lowest BCUT2D eigenvalue weighted by Crippen LogP contribution is -2.38. The number of nitrogens with one attached hydrogen (secondary N) is 2. The summed E-state index contributed by atoms with van der Waals surface area (Å²) >= 11 is 0. The average Bonchev–Trinajstić information content (AvgIpc) is 3.22. The Bertz CT molecular complexity index is 793. The molecule has 2 aromatic carbocycles. The van der Waals surface area contributed by atoms with Gasteiger partial charge in [-0.3, -0.25) is 0 Å². The molecule has 0 radical (unpaired) electrons. The first-order valence-electron chi connectivity index (χ1n) is 9.90. The lowest BCUT2D eigenvalue weighted by Gasteiger charge is -2.11. The summed E-state index contributed by atoms with van der Waals surface area (Å²) in [7, 11) is 1.67. The zero-order chi connectivity index (χ0) is 20.3. The van der Waals surface area contributed by atoms with Gasteiger partial charge in [-0.15, -0.1) is 0 Å². The topological polar surface area (TPSA) is 73.3 Å². The van der Waals surface area contributed by atoms with Gasteiger partial charge in [-0.25, -0.2) is 4.99 Å². The van der Waals surface area contributed by atoms with Crippen molar-refractivity contribution in [2.24, 2.45) is 4.99 Å². The van der Waals surface area contributed by atoms with Gasteiger partial charge >= 0.3 is 0 Å². The van der Waals surface area contributed by atoms with Crippen molar-refractivity contribution >= 4 is 5.96 Å². The van der Waals surface area contributed by atoms with Gasteiger partial charge < -0.3 is 29.6 Å². The molecule has 7 heteroatoms. The predicted molar refractivity (Wildman–Crippen MR) is 113 cm³/mol. The van der Waals surface area contributed by atoms with Gasteiger partial charge in [-0.2, -0.15) is 0 Å². The van der Waals surface area contributed by atoms with Crippen LogP contribution in [-0.4, -0.2) is 39.6 Å². The number of hydrogen-bond acceptors (Lipinski definition) is 5. The largest absolute Gasteiger partial charge is 0.497 e. The SMILES string of the molecule is CCNC(=NCc1ccc2c(c1)OCO2)NCCCOCc1ccc(OC)cc1. The van der Waals surface area contributed by atoms with Gasteiger partial charge in [-0.1, -0.05) is 18.2 Å². The van der Waals surface area contributed by atoms with Crippen molar-refractivity contribution < 1.29 is 18.9 Å². The van der Waals surface area contributed by atoms with Crippen molar-refractivity contribution in [3.63, 3.8) is 0 Å². The standard InChI is InChI=1S/C22H29N3O4/c1-3-23-22(25-14-18-7-10-20-21(13-18)29-16-28-20)24-11-4-12-27-15-17-5-8-19(26-2)9-6-17/h5-10,13H,3-4,11-12,14-16H2,1-2H3,(H2,23,24,25). The molecule has 156 valence electrons. The molecule has 2 N–H and O–H groups in total. The monoisotopic (exact) mass is 399 g/mol. The first-order chi connectivity index (χ1) is 14.3. The number of hydrogen-bond donors (Lipinski definition) is 2. The first kappa shape index (κ1) is 20.8. The number of aliphatic imine (C=N–C) groups is 1. The molecule has 0 unspecified atom stereocenters. The van der Waals surface area contributed by atoms with E-state index in [1.165, 1.54) is 0 Å². The van der Waals surface area contributed by atoms with Crippen molar-refractivity contribution in [3.8, 4) is 17.2 Å². The van der Waals surface area contributed by atoms with Gasteiger partial charge in [0.1, 0.15) is 5.75 Å². The summed E-state index contributed by atoms with van der Waals surface area (Å²) in [6, 6.07) is 13.8. The van der Waals surface area contributed by atoms with Gasteiger partial charge in [-0.05, 0) is 48.7 Å². The molecule has 0 atom stereocenters. The molecule has 0 bridgehead atoms. The van der Waals surface area contributed by atoms with Gasteiger partial charge in [0.05, 0.1) is 20.3 Å². The zero-order valence-electron chi connectivity index (χ0n) is 17.1. The van der Waals surface area contributed by atoms with Crippen LogP contribution in [-0.2, 0) is 17.9 Å². The Morgan fingerprint density at radius 1 is 1.03 bits per heavy atom. The Labute approximate surface area is 172 Å². The molecule has 0 saturated heterocycles. The average molecular weight is 399 g/mol. The Morgan fingerprint density at radius 3 is 2.62 bits per heavy atom. The summed E-state index contributed by atoms with van der Waals surface area (Å²) in [6.45, 7) is 5.78. The number of methoxy groups -OCH3 is 1. The van der Waals surface area contributed by atoms with Crippen molar-refractivity contribution in [1.29, 1.82) is 0 Å². The Balaban J connectivity index is 1.36. The summed E-state index contributed by atoms with van der Waals surface area (Å²) in [5.41, 5.74) is 2.21. The van der Waals surface area contributed by atoms with E-state index in [-0.39, 0.29) is 6.79 Å². The van der Waals surface area contributed by atoms with Crippen LogP contribution in [0.25, 0.3) is 0 Å². The summed E-state index contributed by atoms with van der Waals surface area (Å²) in [6.07, 6.45) is 0.893. The zero-order valence-corrected chi connectivity index (χ0v) is 17.1. The minimum Gasteiger partial charge on any atom is -0.497 e. The fraction of sp³-hybridized carbons (Fsp3) is 0.409. The van der Waals surface area contributed by atoms with E-state index < -0.39 is 0 Å². The fourth-order valence-electron chi connectivity index (χ4n) is 2.84. The molecule has 2 aromatic rings. The molecule has 0 spiro atoms. The lowest BCUT2D eigenvalue weighted by molar-refractivity contribution is 0.119. The van der Waals surface area contributed by atoms with E-state index in [2.05, 4.69) is 22.5 Å². The number of benzene rings is 2. The van der Waals surface area contributed by atoms with Gasteiger partial charge in [0.2, 0.25) is 6.79 Å². The number of ether oxygens (including phenoxy) is 4. The highest BCUT2D eigenvalue weighted by Crippen LogP contribution is 2.32. The van der Waals surface area contributed by atoms with Gasteiger partial charge in [0.25, 0.3) is 0 Å². The third kappa shape index (κ3) is 6.57. The molecular weight excluding hydrogens is 370 g/mol. The number of fused-ring (bicyclic) bond motifs is 1. The molecule has 0 amide bonds. The van der Waals surface area contributed by atoms with Crippen molar-refractivity contribution in [3.05, 3.63) is 53.6 Å². The van der Waals surface area contributed by atoms with Crippen molar-refractivity contribution in [1.82, 2.24) is 10.6 Å². The fourth-order valence-corrected chi connectivity index (χ4v) is 2.84. The summed E-state index contributed by atoms with van der Waals surface area (Å²) in [5, 5.41) is 6.61. The van der Waals surface area contributed by atoms with E-state index in [9.17, 15) is 0 Å². The second-order valence-corrected chi connectivity index (χ2v) is 6.56. The van der Waals surface area contributed by atoms with E-state index in [0.29, 0.717) is 19.8 Å². The van der Waals surface area contributed by atoms with Crippen LogP contribution < -0.4 is 24.8 Å². The van der Waals surface area contributed by atoms with Crippen molar-refractivity contribution in [2.75, 3.05) is 33.6 Å². The molecule has 0 saturated carbocycles. The minimum absolute atomic E-state index is 0.285. The van der Waals surface area contributed by atoms with E-state index in [1.54, 1.807) is 7.11 Å². The van der Waals surface area contributed by atoms with E-state index in [1.807, 2.05) is 42.5 Å². The molecule has 1 aliphatic rings. The van der Waals surface area contributed by atoms with E-state index in [4.69, 9.17) is 18.9 Å². The maximum absolute atomic E-state index is 5.74. The maximum atomic E-state index is 5.74. The molecule has 0 fully saturated rings. The number of nitrogens with zero attached hydrogens (tertiary/aromatic N) is 1. The van der Waals surface area contributed by atoms with Crippen LogP contribution >= 0.6 is 0 Å². The molecule has 29 heavy (non-hydrogen) atoms. The van der Waals surface area contributed by atoms with Crippen LogP contribution in [0.15, 0.2) is 47.5 Å².